The Morgan fingerprint density at radius 2 is 1.92 bits per heavy atom. The maximum absolute atomic E-state index is 6.25. The van der Waals surface area contributed by atoms with Gasteiger partial charge in [0, 0.05) is 41.1 Å². The zero-order valence-electron chi connectivity index (χ0n) is 13.9. The largest absolute Gasteiger partial charge is 0.353 e. The summed E-state index contributed by atoms with van der Waals surface area (Å²) in [6, 6.07) is 8.47. The van der Waals surface area contributed by atoms with Crippen LogP contribution in [-0.4, -0.2) is 36.1 Å². The monoisotopic (exact) mass is 436 g/mol. The highest BCUT2D eigenvalue weighted by Crippen LogP contribution is 2.43. The zero-order chi connectivity index (χ0) is 17.4. The van der Waals surface area contributed by atoms with Crippen LogP contribution >= 0.6 is 38.9 Å². The van der Waals surface area contributed by atoms with Crippen molar-refractivity contribution >= 4 is 54.9 Å². The Bertz CT molecular complexity index is 904. The van der Waals surface area contributed by atoms with Crippen LogP contribution in [0.25, 0.3) is 21.3 Å². The molecule has 4 nitrogen and oxygen atoms in total. The third-order valence-electron chi connectivity index (χ3n) is 4.45. The molecule has 130 valence electrons. The number of aromatic nitrogens is 2. The Morgan fingerprint density at radius 1 is 1.20 bits per heavy atom. The molecule has 3 heterocycles. The van der Waals surface area contributed by atoms with Crippen molar-refractivity contribution in [1.82, 2.24) is 15.3 Å². The van der Waals surface area contributed by atoms with Crippen molar-refractivity contribution < 1.29 is 0 Å². The van der Waals surface area contributed by atoms with Gasteiger partial charge in [-0.15, -0.1) is 11.3 Å². The normalized spacial score (nSPS) is 15.1. The lowest BCUT2D eigenvalue weighted by atomic mass is 10.0. The highest BCUT2D eigenvalue weighted by Gasteiger charge is 2.23. The minimum atomic E-state index is 0.326. The number of rotatable bonds is 3. The standard InChI is InChI=1S/C18H18BrClN4S/c1-2-13-14(11-3-5-12(19)6-4-11)15-16(24-9-7-21-8-10-24)22-18(20)23-17(15)25-13/h3-6,21H,2,7-10H2,1H3. The smallest absolute Gasteiger partial charge is 0.225 e. The molecular weight excluding hydrogens is 420 g/mol. The van der Waals surface area contributed by atoms with Crippen LogP contribution in [0.15, 0.2) is 28.7 Å². The van der Waals surface area contributed by atoms with Crippen molar-refractivity contribution in [2.75, 3.05) is 31.1 Å². The number of benzene rings is 1. The minimum absolute atomic E-state index is 0.326. The molecule has 0 aliphatic carbocycles. The molecule has 3 aromatic rings. The van der Waals surface area contributed by atoms with E-state index in [-0.39, 0.29) is 0 Å². The van der Waals surface area contributed by atoms with E-state index < -0.39 is 0 Å². The average molecular weight is 438 g/mol. The maximum Gasteiger partial charge on any atom is 0.225 e. The molecule has 2 aromatic heterocycles. The van der Waals surface area contributed by atoms with E-state index in [1.54, 1.807) is 11.3 Å². The lowest BCUT2D eigenvalue weighted by Gasteiger charge is -2.29. The van der Waals surface area contributed by atoms with Crippen molar-refractivity contribution in [2.24, 2.45) is 0 Å². The first kappa shape index (κ1) is 17.2. The second-order valence-corrected chi connectivity index (χ2v) is 8.33. The van der Waals surface area contributed by atoms with E-state index in [0.717, 1.165) is 53.1 Å². The third kappa shape index (κ3) is 3.28. The predicted molar refractivity (Wildman–Crippen MR) is 110 cm³/mol. The molecule has 1 fully saturated rings. The number of hydrogen-bond donors (Lipinski definition) is 1. The SMILES string of the molecule is CCc1sc2nc(Cl)nc(N3CCNCC3)c2c1-c1ccc(Br)cc1. The molecule has 0 spiro atoms. The van der Waals surface area contributed by atoms with E-state index >= 15 is 0 Å². The Morgan fingerprint density at radius 3 is 2.60 bits per heavy atom. The summed E-state index contributed by atoms with van der Waals surface area (Å²) in [5, 5.41) is 4.86. The molecule has 4 rings (SSSR count). The van der Waals surface area contributed by atoms with Gasteiger partial charge in [-0.25, -0.2) is 4.98 Å². The molecular formula is C18H18BrClN4S. The van der Waals surface area contributed by atoms with Gasteiger partial charge < -0.3 is 10.2 Å². The summed E-state index contributed by atoms with van der Waals surface area (Å²) in [6.45, 7) is 5.97. The maximum atomic E-state index is 6.25. The van der Waals surface area contributed by atoms with Crippen LogP contribution in [0.2, 0.25) is 5.28 Å². The van der Waals surface area contributed by atoms with Crippen LogP contribution in [0.4, 0.5) is 5.82 Å². The molecule has 0 bridgehead atoms. The fourth-order valence-electron chi connectivity index (χ4n) is 3.28. The highest BCUT2D eigenvalue weighted by atomic mass is 79.9. The number of nitrogens with one attached hydrogen (secondary N) is 1. The summed E-state index contributed by atoms with van der Waals surface area (Å²) in [7, 11) is 0. The summed E-state index contributed by atoms with van der Waals surface area (Å²) in [5.41, 5.74) is 2.45. The quantitative estimate of drug-likeness (QED) is 0.601. The van der Waals surface area contributed by atoms with E-state index in [0.29, 0.717) is 5.28 Å². The average Bonchev–Trinajstić information content (AvgIpc) is 3.00. The van der Waals surface area contributed by atoms with Gasteiger partial charge in [-0.05, 0) is 35.7 Å². The molecule has 7 heteroatoms. The first-order chi connectivity index (χ1) is 12.2. The third-order valence-corrected chi connectivity index (χ3v) is 6.37. The fraction of sp³-hybridized carbons (Fsp3) is 0.333. The second kappa shape index (κ2) is 7.19. The Labute approximate surface area is 164 Å². The van der Waals surface area contributed by atoms with Crippen LogP contribution in [-0.2, 0) is 6.42 Å². The van der Waals surface area contributed by atoms with E-state index in [1.165, 1.54) is 16.0 Å². The molecule has 0 radical (unpaired) electrons. The van der Waals surface area contributed by atoms with Gasteiger partial charge in [0.25, 0.3) is 0 Å². The summed E-state index contributed by atoms with van der Waals surface area (Å²) in [5.74, 6) is 0.963. The second-order valence-electron chi connectivity index (χ2n) is 5.99. The predicted octanol–water partition coefficient (Wildman–Crippen LogP) is 4.75. The van der Waals surface area contributed by atoms with Gasteiger partial charge in [0.15, 0.2) is 0 Å². The van der Waals surface area contributed by atoms with Crippen molar-refractivity contribution in [3.8, 4) is 11.1 Å². The number of halogens is 2. The fourth-order valence-corrected chi connectivity index (χ4v) is 4.89. The van der Waals surface area contributed by atoms with Crippen molar-refractivity contribution in [3.63, 3.8) is 0 Å². The van der Waals surface area contributed by atoms with Crippen LogP contribution in [0.5, 0.6) is 0 Å². The van der Waals surface area contributed by atoms with Gasteiger partial charge in [0.1, 0.15) is 10.6 Å². The van der Waals surface area contributed by atoms with Crippen LogP contribution in [0.3, 0.4) is 0 Å². The minimum Gasteiger partial charge on any atom is -0.353 e. The molecule has 1 aromatic carbocycles. The van der Waals surface area contributed by atoms with Crippen LogP contribution in [0, 0.1) is 0 Å². The van der Waals surface area contributed by atoms with Crippen molar-refractivity contribution in [3.05, 3.63) is 38.9 Å². The summed E-state index contributed by atoms with van der Waals surface area (Å²) < 4.78 is 1.08. The number of thiophene rings is 1. The number of nitrogens with zero attached hydrogens (tertiary/aromatic N) is 3. The Balaban J connectivity index is 1.98. The number of anilines is 1. The van der Waals surface area contributed by atoms with E-state index in [1.807, 2.05) is 0 Å². The molecule has 0 amide bonds. The van der Waals surface area contributed by atoms with E-state index in [9.17, 15) is 0 Å². The molecule has 0 unspecified atom stereocenters. The molecule has 0 saturated carbocycles. The lowest BCUT2D eigenvalue weighted by molar-refractivity contribution is 0.586. The van der Waals surface area contributed by atoms with Gasteiger partial charge in [0.05, 0.1) is 5.39 Å². The van der Waals surface area contributed by atoms with E-state index in [2.05, 4.69) is 67.3 Å². The number of piperazine rings is 1. The highest BCUT2D eigenvalue weighted by molar-refractivity contribution is 9.10. The van der Waals surface area contributed by atoms with Gasteiger partial charge >= 0.3 is 0 Å². The molecule has 1 saturated heterocycles. The summed E-state index contributed by atoms with van der Waals surface area (Å²) in [6.07, 6.45) is 0.963. The first-order valence-corrected chi connectivity index (χ1v) is 10.4. The number of hydrogen-bond acceptors (Lipinski definition) is 5. The van der Waals surface area contributed by atoms with Gasteiger partial charge in [-0.3, -0.25) is 0 Å². The van der Waals surface area contributed by atoms with Gasteiger partial charge in [0.2, 0.25) is 5.28 Å². The van der Waals surface area contributed by atoms with Crippen molar-refractivity contribution in [1.29, 1.82) is 0 Å². The Hall–Kier alpha value is -1.21. The van der Waals surface area contributed by atoms with Crippen LogP contribution < -0.4 is 10.2 Å². The lowest BCUT2D eigenvalue weighted by Crippen LogP contribution is -2.44. The van der Waals surface area contributed by atoms with Crippen LogP contribution in [0.1, 0.15) is 11.8 Å². The number of aryl methyl sites for hydroxylation is 1. The molecule has 0 atom stereocenters. The molecule has 1 N–H and O–H groups in total. The summed E-state index contributed by atoms with van der Waals surface area (Å²) >= 11 is 11.5. The first-order valence-electron chi connectivity index (χ1n) is 8.38. The van der Waals surface area contributed by atoms with Crippen molar-refractivity contribution in [2.45, 2.75) is 13.3 Å². The molecule has 1 aliphatic rings. The van der Waals surface area contributed by atoms with E-state index in [4.69, 9.17) is 11.6 Å². The summed E-state index contributed by atoms with van der Waals surface area (Å²) in [4.78, 5) is 13.8. The Kier molecular flexibility index (Phi) is 4.95. The molecule has 25 heavy (non-hydrogen) atoms. The van der Waals surface area contributed by atoms with Gasteiger partial charge in [-0.1, -0.05) is 35.0 Å². The molecule has 1 aliphatic heterocycles. The number of fused-ring (bicyclic) bond motifs is 1. The van der Waals surface area contributed by atoms with Gasteiger partial charge in [-0.2, -0.15) is 4.98 Å². The zero-order valence-corrected chi connectivity index (χ0v) is 17.0. The topological polar surface area (TPSA) is 41.1 Å².